The highest BCUT2D eigenvalue weighted by molar-refractivity contribution is 6.21. The molecule has 1 aromatic carbocycles. The molecule has 3 amide bonds. The first-order chi connectivity index (χ1) is 10.9. The summed E-state index contributed by atoms with van der Waals surface area (Å²) in [7, 11) is 0. The van der Waals surface area contributed by atoms with E-state index in [0.29, 0.717) is 11.4 Å². The average molecular weight is 330 g/mol. The van der Waals surface area contributed by atoms with Crippen molar-refractivity contribution in [1.29, 1.82) is 0 Å². The SMILES string of the molecule is CC(C)(C)C(=O)Nc1ccc(N2C(=O)CC(C(C)(C)C)C2=O)cc1. The minimum atomic E-state index is -0.487. The van der Waals surface area contributed by atoms with Crippen LogP contribution in [0.1, 0.15) is 48.0 Å². The molecule has 1 aliphatic heterocycles. The average Bonchev–Trinajstić information content (AvgIpc) is 2.74. The molecule has 0 saturated carbocycles. The second kappa shape index (κ2) is 6.04. The summed E-state index contributed by atoms with van der Waals surface area (Å²) in [6.07, 6.45) is 0.241. The van der Waals surface area contributed by atoms with Gasteiger partial charge < -0.3 is 5.32 Å². The largest absolute Gasteiger partial charge is 0.326 e. The van der Waals surface area contributed by atoms with Crippen LogP contribution >= 0.6 is 0 Å². The monoisotopic (exact) mass is 330 g/mol. The summed E-state index contributed by atoms with van der Waals surface area (Å²) in [5, 5.41) is 2.83. The lowest BCUT2D eigenvalue weighted by atomic mass is 9.80. The number of benzene rings is 1. The maximum absolute atomic E-state index is 12.6. The lowest BCUT2D eigenvalue weighted by molar-refractivity contribution is -0.124. The Hall–Kier alpha value is -2.17. The van der Waals surface area contributed by atoms with Crippen LogP contribution in [-0.4, -0.2) is 17.7 Å². The van der Waals surface area contributed by atoms with E-state index >= 15 is 0 Å². The van der Waals surface area contributed by atoms with Gasteiger partial charge in [-0.25, -0.2) is 0 Å². The number of rotatable bonds is 2. The van der Waals surface area contributed by atoms with Gasteiger partial charge in [-0.1, -0.05) is 41.5 Å². The van der Waals surface area contributed by atoms with Crippen molar-refractivity contribution < 1.29 is 14.4 Å². The number of hydrogen-bond acceptors (Lipinski definition) is 3. The van der Waals surface area contributed by atoms with Crippen LogP contribution in [0.15, 0.2) is 24.3 Å². The fraction of sp³-hybridized carbons (Fsp3) is 0.526. The summed E-state index contributed by atoms with van der Waals surface area (Å²) in [4.78, 5) is 38.1. The maximum Gasteiger partial charge on any atom is 0.237 e. The highest BCUT2D eigenvalue weighted by Crippen LogP contribution is 2.37. The van der Waals surface area contributed by atoms with E-state index in [1.807, 2.05) is 41.5 Å². The van der Waals surface area contributed by atoms with Gasteiger partial charge in [0.2, 0.25) is 17.7 Å². The zero-order valence-electron chi connectivity index (χ0n) is 15.3. The van der Waals surface area contributed by atoms with Crippen molar-refractivity contribution in [3.63, 3.8) is 0 Å². The van der Waals surface area contributed by atoms with Crippen LogP contribution < -0.4 is 10.2 Å². The van der Waals surface area contributed by atoms with Gasteiger partial charge in [-0.15, -0.1) is 0 Å². The molecule has 0 spiro atoms. The van der Waals surface area contributed by atoms with E-state index in [1.54, 1.807) is 24.3 Å². The van der Waals surface area contributed by atoms with Crippen molar-refractivity contribution >= 4 is 29.1 Å². The van der Waals surface area contributed by atoms with Gasteiger partial charge in [-0.05, 0) is 29.7 Å². The van der Waals surface area contributed by atoms with Gasteiger partial charge in [0, 0.05) is 17.5 Å². The highest BCUT2D eigenvalue weighted by atomic mass is 16.2. The molecule has 0 radical (unpaired) electrons. The minimum absolute atomic E-state index is 0.0867. The quantitative estimate of drug-likeness (QED) is 0.843. The molecule has 1 unspecified atom stereocenters. The number of anilines is 2. The Labute approximate surface area is 143 Å². The fourth-order valence-electron chi connectivity index (χ4n) is 2.59. The Morgan fingerprint density at radius 1 is 1.04 bits per heavy atom. The summed E-state index contributed by atoms with van der Waals surface area (Å²) >= 11 is 0. The first-order valence-corrected chi connectivity index (χ1v) is 8.19. The van der Waals surface area contributed by atoms with E-state index in [2.05, 4.69) is 5.32 Å². The molecule has 0 aliphatic carbocycles. The predicted molar refractivity (Wildman–Crippen MR) is 94.6 cm³/mol. The van der Waals surface area contributed by atoms with Crippen LogP contribution in [0.2, 0.25) is 0 Å². The second-order valence-corrected chi connectivity index (χ2v) is 8.44. The molecule has 1 heterocycles. The second-order valence-electron chi connectivity index (χ2n) is 8.44. The Morgan fingerprint density at radius 2 is 1.58 bits per heavy atom. The minimum Gasteiger partial charge on any atom is -0.326 e. The van der Waals surface area contributed by atoms with Crippen molar-refractivity contribution in [2.75, 3.05) is 10.2 Å². The molecule has 5 heteroatoms. The number of hydrogen-bond donors (Lipinski definition) is 1. The predicted octanol–water partition coefficient (Wildman–Crippen LogP) is 3.60. The number of amides is 3. The molecule has 1 aliphatic rings. The zero-order valence-corrected chi connectivity index (χ0v) is 15.3. The van der Waals surface area contributed by atoms with Crippen molar-refractivity contribution in [1.82, 2.24) is 0 Å². The van der Waals surface area contributed by atoms with Crippen LogP contribution in [0.25, 0.3) is 0 Å². The fourth-order valence-corrected chi connectivity index (χ4v) is 2.59. The summed E-state index contributed by atoms with van der Waals surface area (Å²) in [5.74, 6) is -0.716. The molecule has 1 saturated heterocycles. The first kappa shape index (κ1) is 18.2. The van der Waals surface area contributed by atoms with E-state index in [9.17, 15) is 14.4 Å². The highest BCUT2D eigenvalue weighted by Gasteiger charge is 2.45. The summed E-state index contributed by atoms with van der Waals surface area (Å²) in [6, 6.07) is 6.81. The Morgan fingerprint density at radius 3 is 2.00 bits per heavy atom. The molecule has 2 rings (SSSR count). The van der Waals surface area contributed by atoms with Gasteiger partial charge in [0.15, 0.2) is 0 Å². The lowest BCUT2D eigenvalue weighted by Crippen LogP contribution is -2.34. The van der Waals surface area contributed by atoms with Crippen molar-refractivity contribution in [2.45, 2.75) is 48.0 Å². The topological polar surface area (TPSA) is 66.5 Å². The Kier molecular flexibility index (Phi) is 4.57. The summed E-state index contributed by atoms with van der Waals surface area (Å²) in [6.45, 7) is 11.4. The summed E-state index contributed by atoms with van der Waals surface area (Å²) < 4.78 is 0. The number of carbonyl (C=O) groups is 3. The van der Waals surface area contributed by atoms with Crippen LogP contribution in [0.4, 0.5) is 11.4 Å². The van der Waals surface area contributed by atoms with E-state index in [1.165, 1.54) is 4.90 Å². The Bertz CT molecular complexity index is 663. The number of carbonyl (C=O) groups excluding carboxylic acids is 3. The molecular formula is C19H26N2O3. The molecule has 1 aromatic rings. The van der Waals surface area contributed by atoms with Gasteiger partial charge in [0.05, 0.1) is 11.6 Å². The molecule has 0 bridgehead atoms. The van der Waals surface area contributed by atoms with E-state index in [4.69, 9.17) is 0 Å². The lowest BCUT2D eigenvalue weighted by Gasteiger charge is -2.25. The summed E-state index contributed by atoms with van der Waals surface area (Å²) in [5.41, 5.74) is 0.456. The number of imide groups is 1. The van der Waals surface area contributed by atoms with Crippen molar-refractivity contribution in [3.8, 4) is 0 Å². The third-order valence-electron chi connectivity index (χ3n) is 4.26. The van der Waals surface area contributed by atoms with Crippen LogP contribution in [0, 0.1) is 16.7 Å². The first-order valence-electron chi connectivity index (χ1n) is 8.19. The van der Waals surface area contributed by atoms with Crippen LogP contribution in [0.3, 0.4) is 0 Å². The molecular weight excluding hydrogens is 304 g/mol. The normalized spacial score (nSPS) is 18.9. The molecule has 1 N–H and O–H groups in total. The standard InChI is InChI=1S/C19H26N2O3/c1-18(2,3)14-11-15(22)21(16(14)23)13-9-7-12(8-10-13)20-17(24)19(4,5)6/h7-10,14H,11H2,1-6H3,(H,20,24). The smallest absolute Gasteiger partial charge is 0.237 e. The van der Waals surface area contributed by atoms with Crippen molar-refractivity contribution in [3.05, 3.63) is 24.3 Å². The third-order valence-corrected chi connectivity index (χ3v) is 4.26. The van der Waals surface area contributed by atoms with Crippen molar-refractivity contribution in [2.24, 2.45) is 16.7 Å². The van der Waals surface area contributed by atoms with Crippen LogP contribution in [-0.2, 0) is 14.4 Å². The van der Waals surface area contributed by atoms with Gasteiger partial charge in [-0.3, -0.25) is 19.3 Å². The van der Waals surface area contributed by atoms with Gasteiger partial charge in [0.1, 0.15) is 0 Å². The van der Waals surface area contributed by atoms with E-state index in [-0.39, 0.29) is 35.5 Å². The number of nitrogens with zero attached hydrogens (tertiary/aromatic N) is 1. The maximum atomic E-state index is 12.6. The van der Waals surface area contributed by atoms with E-state index in [0.717, 1.165) is 0 Å². The van der Waals surface area contributed by atoms with Gasteiger partial charge in [0.25, 0.3) is 0 Å². The van der Waals surface area contributed by atoms with Gasteiger partial charge in [-0.2, -0.15) is 0 Å². The van der Waals surface area contributed by atoms with Crippen LogP contribution in [0.5, 0.6) is 0 Å². The molecule has 130 valence electrons. The van der Waals surface area contributed by atoms with E-state index < -0.39 is 5.41 Å². The molecule has 1 atom stereocenters. The third kappa shape index (κ3) is 3.66. The molecule has 1 fully saturated rings. The number of nitrogens with one attached hydrogen (secondary N) is 1. The molecule has 5 nitrogen and oxygen atoms in total. The molecule has 0 aromatic heterocycles. The van der Waals surface area contributed by atoms with Gasteiger partial charge >= 0.3 is 0 Å². The molecule has 24 heavy (non-hydrogen) atoms. The Balaban J connectivity index is 2.18. The zero-order chi connectivity index (χ0) is 18.3.